The Hall–Kier alpha value is -0.870. The molecule has 84 valence electrons. The van der Waals surface area contributed by atoms with Gasteiger partial charge in [-0.15, -0.1) is 0 Å². The van der Waals surface area contributed by atoms with Gasteiger partial charge in [0.15, 0.2) is 5.89 Å². The molecule has 0 spiro atoms. The molecule has 0 aromatic carbocycles. The summed E-state index contributed by atoms with van der Waals surface area (Å²) in [7, 11) is 1.96. The van der Waals surface area contributed by atoms with Crippen molar-refractivity contribution in [2.45, 2.75) is 25.2 Å². The summed E-state index contributed by atoms with van der Waals surface area (Å²) in [5.41, 5.74) is 0. The molecule has 0 amide bonds. The van der Waals surface area contributed by atoms with E-state index >= 15 is 0 Å². The lowest BCUT2D eigenvalue weighted by Crippen LogP contribution is -2.08. The molecule has 0 aliphatic carbocycles. The zero-order valence-electron chi connectivity index (χ0n) is 9.16. The zero-order valence-corrected chi connectivity index (χ0v) is 9.16. The van der Waals surface area contributed by atoms with Crippen molar-refractivity contribution in [1.82, 2.24) is 10.3 Å². The van der Waals surface area contributed by atoms with Gasteiger partial charge in [0, 0.05) is 18.9 Å². The maximum absolute atomic E-state index is 5.70. The Morgan fingerprint density at radius 2 is 2.53 bits per heavy atom. The van der Waals surface area contributed by atoms with Crippen LogP contribution in [0.1, 0.15) is 30.4 Å². The van der Waals surface area contributed by atoms with Gasteiger partial charge in [-0.3, -0.25) is 0 Å². The molecule has 1 aliphatic rings. The number of hydrogen-bond donors (Lipinski definition) is 1. The second kappa shape index (κ2) is 5.28. The third-order valence-corrected chi connectivity index (χ3v) is 2.72. The van der Waals surface area contributed by atoms with Gasteiger partial charge < -0.3 is 14.5 Å². The predicted octanol–water partition coefficient (Wildman–Crippen LogP) is 1.33. The fourth-order valence-corrected chi connectivity index (χ4v) is 1.80. The smallest absolute Gasteiger partial charge is 0.194 e. The van der Waals surface area contributed by atoms with Gasteiger partial charge in [-0.05, 0) is 26.4 Å². The minimum absolute atomic E-state index is 0.426. The third-order valence-electron chi connectivity index (χ3n) is 2.72. The van der Waals surface area contributed by atoms with E-state index in [1.165, 1.54) is 0 Å². The van der Waals surface area contributed by atoms with Crippen LogP contribution in [0.3, 0.4) is 0 Å². The highest BCUT2D eigenvalue weighted by atomic mass is 16.5. The van der Waals surface area contributed by atoms with Crippen LogP contribution in [0.5, 0.6) is 0 Å². The topological polar surface area (TPSA) is 47.3 Å². The van der Waals surface area contributed by atoms with Crippen molar-refractivity contribution in [2.75, 3.05) is 26.8 Å². The number of ether oxygens (including phenoxy) is 1. The number of hydrogen-bond acceptors (Lipinski definition) is 4. The van der Waals surface area contributed by atoms with E-state index in [0.29, 0.717) is 5.92 Å². The summed E-state index contributed by atoms with van der Waals surface area (Å²) in [5, 5.41) is 3.11. The Kier molecular flexibility index (Phi) is 3.75. The molecule has 1 unspecified atom stereocenters. The second-order valence-electron chi connectivity index (χ2n) is 3.92. The first-order chi connectivity index (χ1) is 7.40. The molecule has 4 heteroatoms. The lowest BCUT2D eigenvalue weighted by Gasteiger charge is -2.01. The Labute approximate surface area is 90.0 Å². The summed E-state index contributed by atoms with van der Waals surface area (Å²) in [4.78, 5) is 4.28. The van der Waals surface area contributed by atoms with E-state index in [1.807, 2.05) is 13.2 Å². The molecule has 1 fully saturated rings. The first kappa shape index (κ1) is 10.6. The van der Waals surface area contributed by atoms with Crippen LogP contribution in [0, 0.1) is 0 Å². The van der Waals surface area contributed by atoms with Crippen molar-refractivity contribution in [3.63, 3.8) is 0 Å². The average molecular weight is 210 g/mol. The molecule has 15 heavy (non-hydrogen) atoms. The van der Waals surface area contributed by atoms with Crippen molar-refractivity contribution in [3.8, 4) is 0 Å². The quantitative estimate of drug-likeness (QED) is 0.745. The molecule has 1 N–H and O–H groups in total. The van der Waals surface area contributed by atoms with Crippen LogP contribution in [0.2, 0.25) is 0 Å². The first-order valence-corrected chi connectivity index (χ1v) is 5.57. The van der Waals surface area contributed by atoms with Crippen LogP contribution in [0.15, 0.2) is 10.6 Å². The third kappa shape index (κ3) is 2.79. The van der Waals surface area contributed by atoms with Gasteiger partial charge in [0.2, 0.25) is 0 Å². The summed E-state index contributed by atoms with van der Waals surface area (Å²) >= 11 is 0. The van der Waals surface area contributed by atoms with Gasteiger partial charge in [-0.25, -0.2) is 4.98 Å². The number of aryl methyl sites for hydroxylation is 1. The fraction of sp³-hybridized carbons (Fsp3) is 0.727. The van der Waals surface area contributed by atoms with E-state index in [0.717, 1.165) is 50.7 Å². The van der Waals surface area contributed by atoms with E-state index in [4.69, 9.17) is 9.15 Å². The number of nitrogens with one attached hydrogen (secondary N) is 1. The van der Waals surface area contributed by atoms with E-state index in [-0.39, 0.29) is 0 Å². The monoisotopic (exact) mass is 210 g/mol. The molecule has 1 atom stereocenters. The van der Waals surface area contributed by atoms with Crippen LogP contribution in [0.4, 0.5) is 0 Å². The fourth-order valence-electron chi connectivity index (χ4n) is 1.80. The molecule has 2 rings (SSSR count). The summed E-state index contributed by atoms with van der Waals surface area (Å²) in [6.07, 6.45) is 4.89. The van der Waals surface area contributed by atoms with Crippen molar-refractivity contribution in [1.29, 1.82) is 0 Å². The number of nitrogens with zero attached hydrogens (tertiary/aromatic N) is 1. The highest BCUT2D eigenvalue weighted by Crippen LogP contribution is 2.25. The van der Waals surface area contributed by atoms with Crippen LogP contribution in [-0.4, -0.2) is 31.8 Å². The van der Waals surface area contributed by atoms with Crippen molar-refractivity contribution in [3.05, 3.63) is 17.8 Å². The van der Waals surface area contributed by atoms with Crippen molar-refractivity contribution >= 4 is 0 Å². The second-order valence-corrected chi connectivity index (χ2v) is 3.92. The SMILES string of the molecule is CNCCCc1ncc(C2CCOC2)o1. The Balaban J connectivity index is 1.86. The standard InChI is InChI=1S/C11H18N2O2/c1-12-5-2-3-11-13-7-10(15-11)9-4-6-14-8-9/h7,9,12H,2-6,8H2,1H3. The molecule has 1 aromatic rings. The van der Waals surface area contributed by atoms with Gasteiger partial charge in [0.05, 0.1) is 12.8 Å². The molecule has 4 nitrogen and oxygen atoms in total. The molecule has 1 aromatic heterocycles. The van der Waals surface area contributed by atoms with Crippen LogP contribution in [0.25, 0.3) is 0 Å². The molecule has 0 radical (unpaired) electrons. The molecule has 2 heterocycles. The number of oxazole rings is 1. The summed E-state index contributed by atoms with van der Waals surface area (Å²) in [5.74, 6) is 2.27. The summed E-state index contributed by atoms with van der Waals surface area (Å²) < 4.78 is 11.0. The van der Waals surface area contributed by atoms with Crippen LogP contribution < -0.4 is 5.32 Å². The van der Waals surface area contributed by atoms with Gasteiger partial charge in [0.25, 0.3) is 0 Å². The van der Waals surface area contributed by atoms with E-state index in [9.17, 15) is 0 Å². The lowest BCUT2D eigenvalue weighted by molar-refractivity contribution is 0.191. The molecule has 1 saturated heterocycles. The number of aromatic nitrogens is 1. The van der Waals surface area contributed by atoms with Crippen LogP contribution in [-0.2, 0) is 11.2 Å². The molecule has 0 saturated carbocycles. The van der Waals surface area contributed by atoms with Gasteiger partial charge >= 0.3 is 0 Å². The largest absolute Gasteiger partial charge is 0.445 e. The average Bonchev–Trinajstić information content (AvgIpc) is 2.87. The van der Waals surface area contributed by atoms with Crippen LogP contribution >= 0.6 is 0 Å². The Bertz CT molecular complexity index is 293. The number of rotatable bonds is 5. The predicted molar refractivity (Wildman–Crippen MR) is 56.9 cm³/mol. The molecular weight excluding hydrogens is 192 g/mol. The van der Waals surface area contributed by atoms with E-state index in [2.05, 4.69) is 10.3 Å². The van der Waals surface area contributed by atoms with E-state index < -0.39 is 0 Å². The first-order valence-electron chi connectivity index (χ1n) is 5.57. The minimum Gasteiger partial charge on any atom is -0.445 e. The summed E-state index contributed by atoms with van der Waals surface area (Å²) in [6, 6.07) is 0. The molecule has 0 bridgehead atoms. The molecule has 1 aliphatic heterocycles. The Morgan fingerprint density at radius 3 is 3.27 bits per heavy atom. The maximum atomic E-state index is 5.70. The highest BCUT2D eigenvalue weighted by Gasteiger charge is 2.21. The highest BCUT2D eigenvalue weighted by molar-refractivity contribution is 5.03. The van der Waals surface area contributed by atoms with Crippen molar-refractivity contribution in [2.24, 2.45) is 0 Å². The van der Waals surface area contributed by atoms with Crippen molar-refractivity contribution < 1.29 is 9.15 Å². The van der Waals surface area contributed by atoms with Gasteiger partial charge in [-0.2, -0.15) is 0 Å². The molecular formula is C11H18N2O2. The maximum Gasteiger partial charge on any atom is 0.194 e. The minimum atomic E-state index is 0.426. The van der Waals surface area contributed by atoms with Gasteiger partial charge in [-0.1, -0.05) is 0 Å². The summed E-state index contributed by atoms with van der Waals surface area (Å²) in [6.45, 7) is 2.63. The van der Waals surface area contributed by atoms with Gasteiger partial charge in [0.1, 0.15) is 5.76 Å². The normalized spacial score (nSPS) is 21.0. The van der Waals surface area contributed by atoms with E-state index in [1.54, 1.807) is 0 Å². The Morgan fingerprint density at radius 1 is 1.60 bits per heavy atom. The lowest BCUT2D eigenvalue weighted by atomic mass is 10.1. The zero-order chi connectivity index (χ0) is 10.5.